The van der Waals surface area contributed by atoms with E-state index in [2.05, 4.69) is 10.6 Å². The lowest BCUT2D eigenvalue weighted by molar-refractivity contribution is -0.131. The van der Waals surface area contributed by atoms with Crippen LogP contribution in [0.1, 0.15) is 35.1 Å². The Morgan fingerprint density at radius 1 is 0.938 bits per heavy atom. The molecule has 2 N–H and O–H groups in total. The van der Waals surface area contributed by atoms with Gasteiger partial charge in [-0.2, -0.15) is 0 Å². The second-order valence-electron chi connectivity index (χ2n) is 7.99. The average Bonchev–Trinajstić information content (AvgIpc) is 3.01. The Kier molecular flexibility index (Phi) is 4.95. The monoisotopic (exact) mass is 472 g/mol. The Bertz CT molecular complexity index is 1280. The summed E-state index contributed by atoms with van der Waals surface area (Å²) in [5, 5.41) is 6.52. The van der Waals surface area contributed by atoms with Crippen molar-refractivity contribution >= 4 is 40.7 Å². The van der Waals surface area contributed by atoms with E-state index in [4.69, 9.17) is 23.2 Å². The quantitative estimate of drug-likeness (QED) is 0.516. The lowest BCUT2D eigenvalue weighted by Crippen LogP contribution is -2.57. The smallest absolute Gasteiger partial charge is 0.238 e. The van der Waals surface area contributed by atoms with Gasteiger partial charge in [-0.15, -0.1) is 0 Å². The molecule has 3 aromatic carbocycles. The Hall–Kier alpha value is -2.96. The maximum atomic E-state index is 15.0. The summed E-state index contributed by atoms with van der Waals surface area (Å²) in [5.41, 5.74) is 0.336. The number of benzene rings is 3. The third-order valence-electron chi connectivity index (χ3n) is 6.28. The van der Waals surface area contributed by atoms with Crippen LogP contribution in [-0.4, -0.2) is 11.8 Å². The van der Waals surface area contributed by atoms with E-state index < -0.39 is 34.9 Å². The van der Waals surface area contributed by atoms with E-state index in [-0.39, 0.29) is 17.9 Å². The highest BCUT2D eigenvalue weighted by atomic mass is 35.5. The van der Waals surface area contributed by atoms with Gasteiger partial charge in [0.2, 0.25) is 11.8 Å². The molecular formula is C24H16Cl2F2N2O2. The third kappa shape index (κ3) is 3.09. The normalized spacial score (nSPS) is 24.2. The zero-order chi connectivity index (χ0) is 22.6. The van der Waals surface area contributed by atoms with E-state index in [9.17, 15) is 18.4 Å². The van der Waals surface area contributed by atoms with Crippen molar-refractivity contribution in [3.63, 3.8) is 0 Å². The maximum Gasteiger partial charge on any atom is 0.238 e. The molecule has 2 amide bonds. The molecule has 2 aliphatic rings. The van der Waals surface area contributed by atoms with Crippen LogP contribution in [0.25, 0.3) is 0 Å². The van der Waals surface area contributed by atoms with Crippen LogP contribution in [0, 0.1) is 11.6 Å². The highest BCUT2D eigenvalue weighted by Crippen LogP contribution is 2.57. The molecule has 0 aromatic heterocycles. The zero-order valence-electron chi connectivity index (χ0n) is 16.5. The molecule has 1 saturated heterocycles. The SMILES string of the molecule is O=C1C[C@@H](c2cccc(Cl)c2)[C@]2(C(=O)Nc3cc(Cl)ccc32)[C@@H](c2ccc(F)cc2F)N1. The molecule has 1 fully saturated rings. The fourth-order valence-electron chi connectivity index (χ4n) is 5.01. The minimum Gasteiger partial charge on any atom is -0.348 e. The van der Waals surface area contributed by atoms with Crippen LogP contribution in [0.3, 0.4) is 0 Å². The van der Waals surface area contributed by atoms with Gasteiger partial charge in [-0.3, -0.25) is 9.59 Å². The summed E-state index contributed by atoms with van der Waals surface area (Å²) in [5.74, 6) is -3.03. The third-order valence-corrected chi connectivity index (χ3v) is 6.75. The molecule has 3 atom stereocenters. The first-order valence-corrected chi connectivity index (χ1v) is 10.7. The van der Waals surface area contributed by atoms with Gasteiger partial charge >= 0.3 is 0 Å². The van der Waals surface area contributed by atoms with Crippen molar-refractivity contribution in [2.45, 2.75) is 23.8 Å². The number of hydrogen-bond donors (Lipinski definition) is 2. The van der Waals surface area contributed by atoms with Gasteiger partial charge < -0.3 is 10.6 Å². The van der Waals surface area contributed by atoms with Gasteiger partial charge in [-0.25, -0.2) is 8.78 Å². The molecule has 162 valence electrons. The van der Waals surface area contributed by atoms with E-state index in [0.29, 0.717) is 26.9 Å². The van der Waals surface area contributed by atoms with Crippen LogP contribution < -0.4 is 10.6 Å². The molecule has 0 saturated carbocycles. The highest BCUT2D eigenvalue weighted by Gasteiger charge is 2.61. The second-order valence-corrected chi connectivity index (χ2v) is 8.86. The Morgan fingerprint density at radius 2 is 1.72 bits per heavy atom. The summed E-state index contributed by atoms with van der Waals surface area (Å²) in [4.78, 5) is 26.5. The van der Waals surface area contributed by atoms with Crippen LogP contribution >= 0.6 is 23.2 Å². The van der Waals surface area contributed by atoms with Crippen LogP contribution in [0.4, 0.5) is 14.5 Å². The van der Waals surface area contributed by atoms with Crippen molar-refractivity contribution in [1.29, 1.82) is 0 Å². The Balaban J connectivity index is 1.82. The van der Waals surface area contributed by atoms with Crippen LogP contribution in [0.2, 0.25) is 10.0 Å². The lowest BCUT2D eigenvalue weighted by atomic mass is 9.59. The van der Waals surface area contributed by atoms with Gasteiger partial charge in [0.25, 0.3) is 0 Å². The van der Waals surface area contributed by atoms with Gasteiger partial charge in [-0.05, 0) is 41.5 Å². The predicted molar refractivity (Wildman–Crippen MR) is 118 cm³/mol. The van der Waals surface area contributed by atoms with E-state index >= 15 is 0 Å². The molecule has 5 rings (SSSR count). The predicted octanol–water partition coefficient (Wildman–Crippen LogP) is 5.51. The van der Waals surface area contributed by atoms with Crippen LogP contribution in [0.15, 0.2) is 60.7 Å². The molecule has 0 aliphatic carbocycles. The molecule has 4 nitrogen and oxygen atoms in total. The molecule has 1 spiro atoms. The first kappa shape index (κ1) is 20.9. The number of nitrogens with one attached hydrogen (secondary N) is 2. The molecule has 2 heterocycles. The Labute approximate surface area is 192 Å². The summed E-state index contributed by atoms with van der Waals surface area (Å²) in [7, 11) is 0. The molecular weight excluding hydrogens is 457 g/mol. The second kappa shape index (κ2) is 7.57. The number of carbonyl (C=O) groups excluding carboxylic acids is 2. The standard InChI is InChI=1S/C24H16Cl2F2N2O2/c25-13-3-1-2-12(8-13)18-11-21(31)30-22(16-6-5-15(27)10-19(16)28)24(18)17-7-4-14(26)9-20(17)29-23(24)32/h1-10,18,22H,11H2,(H,29,32)(H,30,31)/t18-,22+,24-/m0/s1. The number of carbonyl (C=O) groups is 2. The van der Waals surface area contributed by atoms with Gasteiger partial charge in [0, 0.05) is 39.7 Å². The number of fused-ring (bicyclic) bond motifs is 2. The maximum absolute atomic E-state index is 15.0. The first-order valence-electron chi connectivity index (χ1n) is 9.92. The van der Waals surface area contributed by atoms with Crippen molar-refractivity contribution in [2.24, 2.45) is 0 Å². The van der Waals surface area contributed by atoms with E-state index in [1.165, 1.54) is 6.07 Å². The Morgan fingerprint density at radius 3 is 2.47 bits per heavy atom. The molecule has 8 heteroatoms. The van der Waals surface area contributed by atoms with E-state index in [1.54, 1.807) is 42.5 Å². The largest absolute Gasteiger partial charge is 0.348 e. The number of anilines is 1. The first-order chi connectivity index (χ1) is 15.3. The van der Waals surface area contributed by atoms with Crippen molar-refractivity contribution in [2.75, 3.05) is 5.32 Å². The minimum absolute atomic E-state index is 0.0180. The number of rotatable bonds is 2. The topological polar surface area (TPSA) is 58.2 Å². The highest BCUT2D eigenvalue weighted by molar-refractivity contribution is 6.31. The molecule has 2 aliphatic heterocycles. The lowest BCUT2D eigenvalue weighted by Gasteiger charge is -2.46. The zero-order valence-corrected chi connectivity index (χ0v) is 18.0. The van der Waals surface area contributed by atoms with Gasteiger partial charge in [0.05, 0.1) is 6.04 Å². The van der Waals surface area contributed by atoms with Gasteiger partial charge in [0.15, 0.2) is 0 Å². The van der Waals surface area contributed by atoms with Gasteiger partial charge in [0.1, 0.15) is 17.0 Å². The summed E-state index contributed by atoms with van der Waals surface area (Å²) in [6.07, 6.45) is -0.0187. The summed E-state index contributed by atoms with van der Waals surface area (Å²) in [6.45, 7) is 0. The van der Waals surface area contributed by atoms with Crippen LogP contribution in [-0.2, 0) is 15.0 Å². The van der Waals surface area contributed by atoms with Crippen molar-refractivity contribution in [3.05, 3.63) is 99.0 Å². The minimum atomic E-state index is -1.41. The number of amides is 2. The molecule has 32 heavy (non-hydrogen) atoms. The summed E-state index contributed by atoms with van der Waals surface area (Å²) >= 11 is 12.4. The van der Waals surface area contributed by atoms with Crippen molar-refractivity contribution < 1.29 is 18.4 Å². The molecule has 3 aromatic rings. The van der Waals surface area contributed by atoms with Gasteiger partial charge in [-0.1, -0.05) is 47.5 Å². The molecule has 0 unspecified atom stereocenters. The average molecular weight is 473 g/mol. The fourth-order valence-corrected chi connectivity index (χ4v) is 5.38. The number of hydrogen-bond acceptors (Lipinski definition) is 2. The number of halogens is 4. The van der Waals surface area contributed by atoms with E-state index in [0.717, 1.165) is 12.1 Å². The van der Waals surface area contributed by atoms with Crippen molar-refractivity contribution in [1.82, 2.24) is 5.32 Å². The van der Waals surface area contributed by atoms with Crippen LogP contribution in [0.5, 0.6) is 0 Å². The summed E-state index contributed by atoms with van der Waals surface area (Å²) in [6, 6.07) is 13.9. The summed E-state index contributed by atoms with van der Waals surface area (Å²) < 4.78 is 28.7. The van der Waals surface area contributed by atoms with Crippen molar-refractivity contribution in [3.8, 4) is 0 Å². The number of piperidine rings is 1. The van der Waals surface area contributed by atoms with E-state index in [1.807, 2.05) is 0 Å². The molecule has 0 bridgehead atoms. The molecule has 0 radical (unpaired) electrons. The fraction of sp³-hybridized carbons (Fsp3) is 0.167.